The quantitative estimate of drug-likeness (QED) is 0.565. The molecule has 5 heteroatoms. The summed E-state index contributed by atoms with van der Waals surface area (Å²) >= 11 is 6.32. The van der Waals surface area contributed by atoms with Gasteiger partial charge < -0.3 is 0 Å². The molecule has 0 radical (unpaired) electrons. The molecule has 1 saturated heterocycles. The zero-order valence-electron chi connectivity index (χ0n) is 10.4. The average Bonchev–Trinajstić information content (AvgIpc) is 2.52. The Morgan fingerprint density at radius 2 is 1.69 bits per heavy atom. The Bertz CT molecular complexity index is 290. The topological polar surface area (TPSA) is 23.6 Å². The van der Waals surface area contributed by atoms with E-state index in [2.05, 4.69) is 9.34 Å². The maximum absolute atomic E-state index is 13.1. The minimum Gasteiger partial charge on any atom is -0.287 e. The van der Waals surface area contributed by atoms with Crippen LogP contribution in [0.25, 0.3) is 0 Å². The molecule has 0 aromatic heterocycles. The Labute approximate surface area is 104 Å². The Hall–Kier alpha value is 0.440. The highest BCUT2D eigenvalue weighted by Gasteiger charge is 2.54. The van der Waals surface area contributed by atoms with Crippen molar-refractivity contribution in [3.8, 4) is 0 Å². The van der Waals surface area contributed by atoms with Crippen LogP contribution in [-0.2, 0) is 4.57 Å². The third-order valence-electron chi connectivity index (χ3n) is 4.26. The van der Waals surface area contributed by atoms with Crippen molar-refractivity contribution in [3.63, 3.8) is 0 Å². The molecule has 0 aromatic carbocycles. The van der Waals surface area contributed by atoms with Gasteiger partial charge in [-0.25, -0.2) is 9.34 Å². The van der Waals surface area contributed by atoms with Gasteiger partial charge in [0, 0.05) is 12.1 Å². The lowest BCUT2D eigenvalue weighted by Gasteiger charge is -2.30. The van der Waals surface area contributed by atoms with Crippen molar-refractivity contribution in [1.29, 1.82) is 0 Å². The van der Waals surface area contributed by atoms with Gasteiger partial charge in [-0.05, 0) is 33.4 Å². The molecule has 1 heterocycles. The van der Waals surface area contributed by atoms with Crippen molar-refractivity contribution < 1.29 is 4.57 Å². The molecule has 2 fully saturated rings. The highest BCUT2D eigenvalue weighted by molar-refractivity contribution is 7.61. The Morgan fingerprint density at radius 3 is 2.06 bits per heavy atom. The first-order valence-corrected chi connectivity index (χ1v) is 8.35. The Kier molecular flexibility index (Phi) is 3.71. The van der Waals surface area contributed by atoms with E-state index in [-0.39, 0.29) is 5.12 Å². The summed E-state index contributed by atoms with van der Waals surface area (Å²) in [4.78, 5) is 0. The van der Waals surface area contributed by atoms with Gasteiger partial charge in [-0.15, -0.1) is 11.6 Å². The fourth-order valence-corrected chi connectivity index (χ4v) is 7.17. The molecule has 2 aliphatic rings. The molecule has 0 bridgehead atoms. The summed E-state index contributed by atoms with van der Waals surface area (Å²) in [6.07, 6.45) is 5.63. The molecule has 0 amide bonds. The van der Waals surface area contributed by atoms with E-state index in [1.165, 1.54) is 25.7 Å². The first-order chi connectivity index (χ1) is 7.53. The SMILES string of the molecule is CC[C@@H](Cl)P1(=O)N(C)[C@@H]2CCCC[C@H]2N1C. The molecule has 3 nitrogen and oxygen atoms in total. The van der Waals surface area contributed by atoms with Crippen LogP contribution >= 0.6 is 19.0 Å². The second kappa shape index (κ2) is 4.61. The van der Waals surface area contributed by atoms with Crippen LogP contribution in [0.15, 0.2) is 0 Å². The largest absolute Gasteiger partial charge is 0.287 e. The van der Waals surface area contributed by atoms with E-state index < -0.39 is 7.44 Å². The van der Waals surface area contributed by atoms with Crippen molar-refractivity contribution in [2.45, 2.75) is 56.2 Å². The molecule has 1 aliphatic carbocycles. The molecule has 94 valence electrons. The minimum atomic E-state index is -2.52. The van der Waals surface area contributed by atoms with Crippen molar-refractivity contribution in [3.05, 3.63) is 0 Å². The lowest BCUT2D eigenvalue weighted by atomic mass is 9.91. The molecule has 0 aromatic rings. The van der Waals surface area contributed by atoms with Crippen LogP contribution in [0, 0.1) is 0 Å². The van der Waals surface area contributed by atoms with Crippen LogP contribution in [0.4, 0.5) is 0 Å². The molecule has 0 N–H and O–H groups in total. The van der Waals surface area contributed by atoms with Gasteiger partial charge in [-0.1, -0.05) is 19.8 Å². The minimum absolute atomic E-state index is 0.229. The zero-order chi connectivity index (χ0) is 11.9. The predicted molar refractivity (Wildman–Crippen MR) is 69.1 cm³/mol. The van der Waals surface area contributed by atoms with Crippen molar-refractivity contribution in [2.24, 2.45) is 0 Å². The summed E-state index contributed by atoms with van der Waals surface area (Å²) in [5.41, 5.74) is 0. The fourth-order valence-electron chi connectivity index (χ4n) is 3.24. The summed E-state index contributed by atoms with van der Waals surface area (Å²) in [6.45, 7) is 2.01. The molecule has 1 aliphatic heterocycles. The standard InChI is InChI=1S/C11H22ClN2OP/c1-4-11(12)16(15)13(2)9-7-5-6-8-10(9)14(16)3/h9-11H,4-8H2,1-3H3/t9-,10-,11+/m1/s1. The smallest absolute Gasteiger partial charge is 0.234 e. The van der Waals surface area contributed by atoms with Crippen molar-refractivity contribution in [1.82, 2.24) is 9.34 Å². The van der Waals surface area contributed by atoms with Crippen LogP contribution in [0.5, 0.6) is 0 Å². The number of halogens is 1. The first-order valence-electron chi connectivity index (χ1n) is 6.24. The third-order valence-corrected chi connectivity index (χ3v) is 8.83. The van der Waals surface area contributed by atoms with E-state index >= 15 is 0 Å². The van der Waals surface area contributed by atoms with Crippen molar-refractivity contribution >= 4 is 19.0 Å². The molecule has 0 unspecified atom stereocenters. The third kappa shape index (κ3) is 1.68. The van der Waals surface area contributed by atoms with Gasteiger partial charge in [0.2, 0.25) is 7.44 Å². The lowest BCUT2D eigenvalue weighted by molar-refractivity contribution is 0.233. The molecule has 0 spiro atoms. The normalized spacial score (nSPS) is 37.2. The summed E-state index contributed by atoms with van der Waals surface area (Å²) in [6, 6.07) is 0.912. The first kappa shape index (κ1) is 12.9. The summed E-state index contributed by atoms with van der Waals surface area (Å²) in [5, 5.41) is -0.229. The number of hydrogen-bond donors (Lipinski definition) is 0. The van der Waals surface area contributed by atoms with Crippen LogP contribution < -0.4 is 0 Å². The van der Waals surface area contributed by atoms with Gasteiger partial charge in [0.25, 0.3) is 0 Å². The molecular weight excluding hydrogens is 243 g/mol. The highest BCUT2D eigenvalue weighted by Crippen LogP contribution is 2.66. The summed E-state index contributed by atoms with van der Waals surface area (Å²) in [7, 11) is 1.48. The molecule has 16 heavy (non-hydrogen) atoms. The van der Waals surface area contributed by atoms with E-state index in [4.69, 9.17) is 11.6 Å². The van der Waals surface area contributed by atoms with Gasteiger partial charge in [0.1, 0.15) is 5.12 Å². The average molecular weight is 265 g/mol. The van der Waals surface area contributed by atoms with Crippen LogP contribution in [0.2, 0.25) is 0 Å². The van der Waals surface area contributed by atoms with Crippen LogP contribution in [-0.4, -0.2) is 40.6 Å². The van der Waals surface area contributed by atoms with E-state index in [9.17, 15) is 4.57 Å². The number of hydrogen-bond acceptors (Lipinski definition) is 1. The van der Waals surface area contributed by atoms with Gasteiger partial charge >= 0.3 is 0 Å². The molecule has 1 saturated carbocycles. The van der Waals surface area contributed by atoms with Gasteiger partial charge in [0.05, 0.1) is 0 Å². The highest BCUT2D eigenvalue weighted by atomic mass is 35.5. The number of fused-ring (bicyclic) bond motifs is 1. The van der Waals surface area contributed by atoms with Crippen molar-refractivity contribution in [2.75, 3.05) is 14.1 Å². The number of rotatable bonds is 2. The molecule has 2 rings (SSSR count). The second-order valence-electron chi connectivity index (χ2n) is 5.00. The van der Waals surface area contributed by atoms with E-state index in [0.29, 0.717) is 12.1 Å². The molecule has 3 atom stereocenters. The van der Waals surface area contributed by atoms with E-state index in [1.54, 1.807) is 0 Å². The van der Waals surface area contributed by atoms with Crippen LogP contribution in [0.1, 0.15) is 39.0 Å². The van der Waals surface area contributed by atoms with Gasteiger partial charge in [-0.3, -0.25) is 4.57 Å². The fraction of sp³-hybridized carbons (Fsp3) is 1.00. The maximum atomic E-state index is 13.1. The van der Waals surface area contributed by atoms with E-state index in [1.807, 2.05) is 21.0 Å². The Morgan fingerprint density at radius 1 is 1.25 bits per heavy atom. The van der Waals surface area contributed by atoms with Crippen LogP contribution in [0.3, 0.4) is 0 Å². The van der Waals surface area contributed by atoms with Gasteiger partial charge in [0.15, 0.2) is 0 Å². The Balaban J connectivity index is 2.30. The summed E-state index contributed by atoms with van der Waals surface area (Å²) < 4.78 is 17.3. The number of alkyl halides is 1. The predicted octanol–water partition coefficient (Wildman–Crippen LogP) is 3.34. The molecular formula is C11H22ClN2OP. The zero-order valence-corrected chi connectivity index (χ0v) is 12.0. The van der Waals surface area contributed by atoms with Gasteiger partial charge in [-0.2, -0.15) is 0 Å². The number of likely N-dealkylation sites (N-methyl/N-ethyl adjacent to an activating group) is 2. The van der Waals surface area contributed by atoms with E-state index in [0.717, 1.165) is 6.42 Å². The maximum Gasteiger partial charge on any atom is 0.234 e. The second-order valence-corrected chi connectivity index (χ2v) is 8.89. The summed E-state index contributed by atoms with van der Waals surface area (Å²) in [5.74, 6) is 0. The lowest BCUT2D eigenvalue weighted by Crippen LogP contribution is -2.37. The number of nitrogens with zero attached hydrogens (tertiary/aromatic N) is 2. The monoisotopic (exact) mass is 264 g/mol.